The van der Waals surface area contributed by atoms with Crippen molar-refractivity contribution >= 4 is 17.9 Å². The highest BCUT2D eigenvalue weighted by atomic mass is 16.6. The molecule has 0 heterocycles. The molecule has 1 atom stereocenters. The van der Waals surface area contributed by atoms with Crippen LogP contribution in [0, 0.1) is 0 Å². The lowest BCUT2D eigenvalue weighted by Crippen LogP contribution is -2.30. The molecule has 0 aromatic rings. The molecule has 0 spiro atoms. The van der Waals surface area contributed by atoms with Gasteiger partial charge in [-0.1, -0.05) is 338 Å². The zero-order valence-electron chi connectivity index (χ0n) is 54.8. The Kier molecular flexibility index (Phi) is 67.6. The van der Waals surface area contributed by atoms with Gasteiger partial charge in [-0.25, -0.2) is 0 Å². The molecule has 0 amide bonds. The molecule has 0 saturated carbocycles. The van der Waals surface area contributed by atoms with Crippen LogP contribution in [0.4, 0.5) is 0 Å². The zero-order chi connectivity index (χ0) is 59.2. The zero-order valence-corrected chi connectivity index (χ0v) is 54.8. The van der Waals surface area contributed by atoms with Gasteiger partial charge in [0.15, 0.2) is 6.10 Å². The van der Waals surface area contributed by atoms with E-state index in [1.807, 2.05) is 0 Å². The number of hydrogen-bond acceptors (Lipinski definition) is 6. The third-order valence-corrected chi connectivity index (χ3v) is 15.9. The molecule has 0 aliphatic carbocycles. The van der Waals surface area contributed by atoms with Crippen LogP contribution in [0.25, 0.3) is 0 Å². The van der Waals surface area contributed by atoms with Crippen LogP contribution in [0.5, 0.6) is 0 Å². The average Bonchev–Trinajstić information content (AvgIpc) is 3.47. The number of carbonyl (C=O) groups excluding carboxylic acids is 3. The highest BCUT2D eigenvalue weighted by Gasteiger charge is 2.19. The molecule has 476 valence electrons. The lowest BCUT2D eigenvalue weighted by Gasteiger charge is -2.18. The summed E-state index contributed by atoms with van der Waals surface area (Å²) in [6, 6.07) is 0. The summed E-state index contributed by atoms with van der Waals surface area (Å²) in [6.07, 6.45) is 92.5. The molecule has 82 heavy (non-hydrogen) atoms. The van der Waals surface area contributed by atoms with Gasteiger partial charge in [-0.15, -0.1) is 0 Å². The van der Waals surface area contributed by atoms with Crippen molar-refractivity contribution in [1.29, 1.82) is 0 Å². The fraction of sp³-hybridized carbons (Fsp3) is 0.803. The largest absolute Gasteiger partial charge is 0.462 e. The van der Waals surface area contributed by atoms with Gasteiger partial charge in [-0.05, 0) is 89.9 Å². The van der Waals surface area contributed by atoms with E-state index in [2.05, 4.69) is 93.7 Å². The van der Waals surface area contributed by atoms with E-state index in [1.165, 1.54) is 244 Å². The second kappa shape index (κ2) is 70.3. The van der Waals surface area contributed by atoms with Crippen molar-refractivity contribution in [3.8, 4) is 0 Å². The van der Waals surface area contributed by atoms with Crippen LogP contribution < -0.4 is 0 Å². The number of unbranched alkanes of at least 4 members (excludes halogenated alkanes) is 43. The number of hydrogen-bond donors (Lipinski definition) is 0. The monoisotopic (exact) mass is 1150 g/mol. The normalized spacial score (nSPS) is 12.5. The summed E-state index contributed by atoms with van der Waals surface area (Å²) in [7, 11) is 0. The molecule has 6 heteroatoms. The van der Waals surface area contributed by atoms with Crippen molar-refractivity contribution in [2.75, 3.05) is 13.2 Å². The minimum absolute atomic E-state index is 0.0703. The summed E-state index contributed by atoms with van der Waals surface area (Å²) in [4.78, 5) is 38.3. The first kappa shape index (κ1) is 78.8. The molecular weight excluding hydrogens is 1010 g/mol. The number of allylic oxidation sites excluding steroid dienone is 12. The molecule has 0 N–H and O–H groups in total. The summed E-state index contributed by atoms with van der Waals surface area (Å²) < 4.78 is 16.9. The first-order valence-electron chi connectivity index (χ1n) is 35.9. The molecule has 0 saturated heterocycles. The Labute approximate surface area is 510 Å². The van der Waals surface area contributed by atoms with Crippen LogP contribution >= 0.6 is 0 Å². The Balaban J connectivity index is 4.04. The maximum absolute atomic E-state index is 12.9. The van der Waals surface area contributed by atoms with Crippen molar-refractivity contribution in [2.45, 2.75) is 380 Å². The standard InChI is InChI=1S/C76H136O6/c1-4-7-10-13-16-19-21-23-25-27-29-31-33-34-35-36-37-38-39-40-41-42-44-45-47-49-51-53-55-57-60-63-66-69-75(78)81-72-73(71-80-74(77)68-65-62-59-18-15-12-9-6-3)82-76(79)70-67-64-61-58-56-54-52-50-48-46-43-32-30-28-26-24-22-20-17-14-11-8-5-2/h7,10,16,19,22-25,28-31,73H,4-6,8-9,11-15,17-18,20-21,26-27,32-72H2,1-3H3/b10-7-,19-16-,24-22-,25-23-,30-28-,31-29-. The first-order valence-corrected chi connectivity index (χ1v) is 35.9. The predicted molar refractivity (Wildman–Crippen MR) is 358 cm³/mol. The van der Waals surface area contributed by atoms with E-state index in [-0.39, 0.29) is 31.1 Å². The van der Waals surface area contributed by atoms with Crippen LogP contribution in [-0.2, 0) is 28.6 Å². The van der Waals surface area contributed by atoms with Crippen molar-refractivity contribution in [3.05, 3.63) is 72.9 Å². The molecule has 0 aliphatic heterocycles. The van der Waals surface area contributed by atoms with E-state index < -0.39 is 6.10 Å². The highest BCUT2D eigenvalue weighted by molar-refractivity contribution is 5.71. The van der Waals surface area contributed by atoms with Crippen LogP contribution in [0.15, 0.2) is 72.9 Å². The molecule has 0 radical (unpaired) electrons. The second-order valence-corrected chi connectivity index (χ2v) is 24.1. The molecule has 0 fully saturated rings. The average molecular weight is 1150 g/mol. The van der Waals surface area contributed by atoms with Crippen LogP contribution in [0.3, 0.4) is 0 Å². The van der Waals surface area contributed by atoms with Gasteiger partial charge >= 0.3 is 17.9 Å². The van der Waals surface area contributed by atoms with Gasteiger partial charge in [0.05, 0.1) is 0 Å². The maximum Gasteiger partial charge on any atom is 0.306 e. The Morgan fingerprint density at radius 2 is 0.476 bits per heavy atom. The molecule has 0 aromatic carbocycles. The van der Waals surface area contributed by atoms with Gasteiger partial charge in [0.25, 0.3) is 0 Å². The second-order valence-electron chi connectivity index (χ2n) is 24.1. The SMILES string of the molecule is CC/C=C\C/C=C\C/C=C\C/C=C\CCCCCCCCCCCCCCCCCCCCCCC(=O)OCC(COC(=O)CCCCCCCCCC)OC(=O)CCCCCCCCCCCCC/C=C\C/C=C\CCCCCCC. The lowest BCUT2D eigenvalue weighted by atomic mass is 10.0. The smallest absolute Gasteiger partial charge is 0.306 e. The van der Waals surface area contributed by atoms with E-state index in [0.717, 1.165) is 89.9 Å². The molecule has 0 rings (SSSR count). The van der Waals surface area contributed by atoms with Crippen molar-refractivity contribution in [2.24, 2.45) is 0 Å². The highest BCUT2D eigenvalue weighted by Crippen LogP contribution is 2.18. The lowest BCUT2D eigenvalue weighted by molar-refractivity contribution is -0.167. The molecule has 0 aromatic heterocycles. The minimum Gasteiger partial charge on any atom is -0.462 e. The van der Waals surface area contributed by atoms with Crippen LogP contribution in [-0.4, -0.2) is 37.2 Å². The molecule has 1 unspecified atom stereocenters. The molecule has 6 nitrogen and oxygen atoms in total. The fourth-order valence-electron chi connectivity index (χ4n) is 10.6. The summed E-state index contributed by atoms with van der Waals surface area (Å²) >= 11 is 0. The minimum atomic E-state index is -0.772. The molecule has 0 aliphatic rings. The summed E-state index contributed by atoms with van der Waals surface area (Å²) in [5.74, 6) is -0.855. The number of esters is 3. The van der Waals surface area contributed by atoms with Crippen molar-refractivity contribution < 1.29 is 28.6 Å². The van der Waals surface area contributed by atoms with Gasteiger partial charge in [-0.3, -0.25) is 14.4 Å². The Hall–Kier alpha value is -3.15. The third-order valence-electron chi connectivity index (χ3n) is 15.9. The van der Waals surface area contributed by atoms with Gasteiger partial charge in [-0.2, -0.15) is 0 Å². The fourth-order valence-corrected chi connectivity index (χ4v) is 10.6. The number of carbonyl (C=O) groups is 3. The van der Waals surface area contributed by atoms with E-state index in [4.69, 9.17) is 14.2 Å². The van der Waals surface area contributed by atoms with Gasteiger partial charge in [0.2, 0.25) is 0 Å². The van der Waals surface area contributed by atoms with Gasteiger partial charge < -0.3 is 14.2 Å². The van der Waals surface area contributed by atoms with E-state index in [9.17, 15) is 14.4 Å². The van der Waals surface area contributed by atoms with E-state index >= 15 is 0 Å². The maximum atomic E-state index is 12.9. The van der Waals surface area contributed by atoms with Gasteiger partial charge in [0.1, 0.15) is 13.2 Å². The predicted octanol–water partition coefficient (Wildman–Crippen LogP) is 24.8. The van der Waals surface area contributed by atoms with Crippen molar-refractivity contribution in [3.63, 3.8) is 0 Å². The number of ether oxygens (including phenoxy) is 3. The third kappa shape index (κ3) is 67.6. The van der Waals surface area contributed by atoms with Gasteiger partial charge in [0, 0.05) is 19.3 Å². The topological polar surface area (TPSA) is 78.9 Å². The number of rotatable bonds is 66. The summed E-state index contributed by atoms with van der Waals surface area (Å²) in [5, 5.41) is 0. The van der Waals surface area contributed by atoms with Crippen LogP contribution in [0.1, 0.15) is 374 Å². The van der Waals surface area contributed by atoms with Crippen molar-refractivity contribution in [1.82, 2.24) is 0 Å². The summed E-state index contributed by atoms with van der Waals surface area (Å²) in [5.41, 5.74) is 0. The Bertz CT molecular complexity index is 1500. The molecule has 0 bridgehead atoms. The Morgan fingerprint density at radius 3 is 0.744 bits per heavy atom. The quantitative estimate of drug-likeness (QED) is 0.0261. The summed E-state index contributed by atoms with van der Waals surface area (Å²) in [6.45, 7) is 6.54. The molecular formula is C76H136O6. The first-order chi connectivity index (χ1) is 40.5. The Morgan fingerprint density at radius 1 is 0.256 bits per heavy atom. The van der Waals surface area contributed by atoms with E-state index in [1.54, 1.807) is 0 Å². The van der Waals surface area contributed by atoms with Crippen LogP contribution in [0.2, 0.25) is 0 Å². The van der Waals surface area contributed by atoms with E-state index in [0.29, 0.717) is 19.3 Å².